The van der Waals surface area contributed by atoms with Gasteiger partial charge in [-0.05, 0) is 50.2 Å². The number of hydrogen-bond donors (Lipinski definition) is 1. The first-order valence-electron chi connectivity index (χ1n) is 8.37. The van der Waals surface area contributed by atoms with E-state index < -0.39 is 0 Å². The highest BCUT2D eigenvalue weighted by atomic mass is 32.1. The monoisotopic (exact) mass is 381 g/mol. The molecule has 1 atom stereocenters. The number of nitrogens with zero attached hydrogens (tertiary/aromatic N) is 4. The summed E-state index contributed by atoms with van der Waals surface area (Å²) in [5.41, 5.74) is 2.14. The summed E-state index contributed by atoms with van der Waals surface area (Å²) >= 11 is 1.28. The standard InChI is InChI=1S/C19H16FN5OS/c1-11-16(27-19(22-11)13-6-8-14(20)9-7-13)18(26)21-12(2)17-24-23-15-5-3-4-10-25(15)17/h3-10,12H,1-2H3,(H,21,26). The fraction of sp³-hybridized carbons (Fsp3) is 0.158. The van der Waals surface area contributed by atoms with Crippen molar-refractivity contribution in [2.24, 2.45) is 0 Å². The first kappa shape index (κ1) is 17.3. The number of aryl methyl sites for hydroxylation is 1. The van der Waals surface area contributed by atoms with Gasteiger partial charge >= 0.3 is 0 Å². The summed E-state index contributed by atoms with van der Waals surface area (Å²) in [5, 5.41) is 11.9. The summed E-state index contributed by atoms with van der Waals surface area (Å²) in [6, 6.07) is 11.4. The van der Waals surface area contributed by atoms with Gasteiger partial charge in [0.2, 0.25) is 0 Å². The Bertz CT molecular complexity index is 1120. The quantitative estimate of drug-likeness (QED) is 0.584. The molecule has 0 saturated heterocycles. The van der Waals surface area contributed by atoms with Gasteiger partial charge in [-0.25, -0.2) is 9.37 Å². The van der Waals surface area contributed by atoms with E-state index in [2.05, 4.69) is 20.5 Å². The lowest BCUT2D eigenvalue weighted by molar-refractivity contribution is 0.0941. The maximum Gasteiger partial charge on any atom is 0.263 e. The van der Waals surface area contributed by atoms with Crippen molar-refractivity contribution in [1.82, 2.24) is 24.9 Å². The molecule has 1 N–H and O–H groups in total. The van der Waals surface area contributed by atoms with E-state index >= 15 is 0 Å². The highest BCUT2D eigenvalue weighted by Gasteiger charge is 2.21. The molecule has 0 spiro atoms. The van der Waals surface area contributed by atoms with Crippen molar-refractivity contribution in [1.29, 1.82) is 0 Å². The van der Waals surface area contributed by atoms with Crippen LogP contribution in [0, 0.1) is 12.7 Å². The molecule has 4 rings (SSSR count). The number of halogens is 1. The molecule has 1 amide bonds. The lowest BCUT2D eigenvalue weighted by atomic mass is 10.2. The van der Waals surface area contributed by atoms with Crippen LogP contribution in [0.25, 0.3) is 16.2 Å². The number of amides is 1. The molecule has 6 nitrogen and oxygen atoms in total. The van der Waals surface area contributed by atoms with Crippen molar-refractivity contribution in [3.8, 4) is 10.6 Å². The van der Waals surface area contributed by atoms with Crippen LogP contribution in [0.5, 0.6) is 0 Å². The van der Waals surface area contributed by atoms with E-state index in [0.29, 0.717) is 21.4 Å². The molecular weight excluding hydrogens is 365 g/mol. The first-order chi connectivity index (χ1) is 13.0. The normalized spacial score (nSPS) is 12.3. The summed E-state index contributed by atoms with van der Waals surface area (Å²) in [6.07, 6.45) is 1.86. The second kappa shape index (κ2) is 6.88. The number of benzene rings is 1. The van der Waals surface area contributed by atoms with Crippen LogP contribution in [0.2, 0.25) is 0 Å². The minimum Gasteiger partial charge on any atom is -0.342 e. The summed E-state index contributed by atoms with van der Waals surface area (Å²) in [7, 11) is 0. The topological polar surface area (TPSA) is 72.2 Å². The minimum atomic E-state index is -0.328. The second-order valence-electron chi connectivity index (χ2n) is 6.12. The fourth-order valence-corrected chi connectivity index (χ4v) is 3.78. The Labute approximate surface area is 158 Å². The van der Waals surface area contributed by atoms with Crippen molar-refractivity contribution in [2.45, 2.75) is 19.9 Å². The molecule has 0 aliphatic carbocycles. The van der Waals surface area contributed by atoms with Crippen LogP contribution >= 0.6 is 11.3 Å². The number of fused-ring (bicyclic) bond motifs is 1. The molecule has 0 aliphatic rings. The second-order valence-corrected chi connectivity index (χ2v) is 7.12. The lowest BCUT2D eigenvalue weighted by Gasteiger charge is -2.11. The van der Waals surface area contributed by atoms with E-state index in [1.807, 2.05) is 35.7 Å². The number of hydrogen-bond acceptors (Lipinski definition) is 5. The Kier molecular flexibility index (Phi) is 4.41. The third-order valence-corrected chi connectivity index (χ3v) is 5.37. The molecule has 0 bridgehead atoms. The largest absolute Gasteiger partial charge is 0.342 e. The third kappa shape index (κ3) is 3.31. The van der Waals surface area contributed by atoms with Crippen LogP contribution in [0.15, 0.2) is 48.7 Å². The number of pyridine rings is 1. The van der Waals surface area contributed by atoms with Gasteiger partial charge in [-0.3, -0.25) is 9.20 Å². The van der Waals surface area contributed by atoms with Crippen LogP contribution in [-0.4, -0.2) is 25.5 Å². The Hall–Kier alpha value is -3.13. The number of nitrogens with one attached hydrogen (secondary N) is 1. The predicted molar refractivity (Wildman–Crippen MR) is 101 cm³/mol. The van der Waals surface area contributed by atoms with E-state index in [1.54, 1.807) is 19.1 Å². The Balaban J connectivity index is 1.57. The molecule has 136 valence electrons. The maximum absolute atomic E-state index is 13.1. The molecule has 0 radical (unpaired) electrons. The average molecular weight is 381 g/mol. The molecular formula is C19H16FN5OS. The van der Waals surface area contributed by atoms with Gasteiger partial charge in [-0.2, -0.15) is 0 Å². The first-order valence-corrected chi connectivity index (χ1v) is 9.18. The zero-order chi connectivity index (χ0) is 19.0. The Morgan fingerprint density at radius 2 is 1.96 bits per heavy atom. The smallest absolute Gasteiger partial charge is 0.263 e. The van der Waals surface area contributed by atoms with Crippen LogP contribution in [-0.2, 0) is 0 Å². The van der Waals surface area contributed by atoms with Crippen LogP contribution in [0.3, 0.4) is 0 Å². The molecule has 4 aromatic rings. The van der Waals surface area contributed by atoms with E-state index in [4.69, 9.17) is 0 Å². The average Bonchev–Trinajstić information content (AvgIpc) is 3.26. The summed E-state index contributed by atoms with van der Waals surface area (Å²) in [4.78, 5) is 17.7. The zero-order valence-corrected chi connectivity index (χ0v) is 15.5. The molecule has 0 fully saturated rings. The van der Waals surface area contributed by atoms with E-state index in [1.165, 1.54) is 23.5 Å². The van der Waals surface area contributed by atoms with Gasteiger partial charge in [0.25, 0.3) is 5.91 Å². The van der Waals surface area contributed by atoms with Crippen molar-refractivity contribution in [3.05, 3.63) is 70.9 Å². The molecule has 1 aromatic carbocycles. The number of aromatic nitrogens is 4. The SMILES string of the molecule is Cc1nc(-c2ccc(F)cc2)sc1C(=O)NC(C)c1nnc2ccccn12. The van der Waals surface area contributed by atoms with E-state index in [0.717, 1.165) is 11.2 Å². The molecule has 1 unspecified atom stereocenters. The van der Waals surface area contributed by atoms with Gasteiger partial charge in [0.15, 0.2) is 11.5 Å². The van der Waals surface area contributed by atoms with Crippen molar-refractivity contribution < 1.29 is 9.18 Å². The van der Waals surface area contributed by atoms with Crippen molar-refractivity contribution in [2.75, 3.05) is 0 Å². The number of thiazole rings is 1. The molecule has 0 aliphatic heterocycles. The lowest BCUT2D eigenvalue weighted by Crippen LogP contribution is -2.27. The molecule has 3 aromatic heterocycles. The molecule has 27 heavy (non-hydrogen) atoms. The van der Waals surface area contributed by atoms with Gasteiger partial charge in [0, 0.05) is 11.8 Å². The van der Waals surface area contributed by atoms with Crippen LogP contribution in [0.1, 0.15) is 34.2 Å². The van der Waals surface area contributed by atoms with Crippen LogP contribution in [0.4, 0.5) is 4.39 Å². The number of carbonyl (C=O) groups is 1. The summed E-state index contributed by atoms with van der Waals surface area (Å²) in [5.74, 6) is 0.123. The zero-order valence-electron chi connectivity index (χ0n) is 14.7. The van der Waals surface area contributed by atoms with Gasteiger partial charge in [-0.1, -0.05) is 6.07 Å². The van der Waals surface area contributed by atoms with Crippen LogP contribution < -0.4 is 5.32 Å². The van der Waals surface area contributed by atoms with Gasteiger partial charge in [-0.15, -0.1) is 21.5 Å². The van der Waals surface area contributed by atoms with Crippen molar-refractivity contribution >= 4 is 22.9 Å². The number of carbonyl (C=O) groups excluding carboxylic acids is 1. The highest BCUT2D eigenvalue weighted by molar-refractivity contribution is 7.17. The minimum absolute atomic E-state index is 0.224. The predicted octanol–water partition coefficient (Wildman–Crippen LogP) is 3.79. The van der Waals surface area contributed by atoms with E-state index in [-0.39, 0.29) is 17.8 Å². The Morgan fingerprint density at radius 1 is 1.19 bits per heavy atom. The highest BCUT2D eigenvalue weighted by Crippen LogP contribution is 2.28. The molecule has 0 saturated carbocycles. The van der Waals surface area contributed by atoms with Gasteiger partial charge < -0.3 is 5.32 Å². The summed E-state index contributed by atoms with van der Waals surface area (Å²) in [6.45, 7) is 3.65. The third-order valence-electron chi connectivity index (χ3n) is 4.17. The van der Waals surface area contributed by atoms with Gasteiger partial charge in [0.1, 0.15) is 15.7 Å². The fourth-order valence-electron chi connectivity index (χ4n) is 2.80. The van der Waals surface area contributed by atoms with Crippen molar-refractivity contribution in [3.63, 3.8) is 0 Å². The molecule has 8 heteroatoms. The van der Waals surface area contributed by atoms with E-state index in [9.17, 15) is 9.18 Å². The molecule has 3 heterocycles. The Morgan fingerprint density at radius 3 is 2.74 bits per heavy atom. The maximum atomic E-state index is 13.1. The number of rotatable bonds is 4. The van der Waals surface area contributed by atoms with Gasteiger partial charge in [0.05, 0.1) is 11.7 Å². The summed E-state index contributed by atoms with van der Waals surface area (Å²) < 4.78 is 15.0.